The van der Waals surface area contributed by atoms with E-state index in [9.17, 15) is 9.59 Å². The Bertz CT molecular complexity index is 785. The Morgan fingerprint density at radius 3 is 1.36 bits per heavy atom. The van der Waals surface area contributed by atoms with Crippen LogP contribution >= 0.6 is 46.4 Å². The molecule has 0 aromatic heterocycles. The van der Waals surface area contributed by atoms with Crippen molar-refractivity contribution < 1.29 is 29.5 Å². The van der Waals surface area contributed by atoms with Crippen LogP contribution in [0.4, 0.5) is 0 Å². The number of benzene rings is 2. The summed E-state index contributed by atoms with van der Waals surface area (Å²) in [5, 5.41) is 8.74. The Labute approximate surface area is 181 Å². The fourth-order valence-electron chi connectivity index (χ4n) is 1.48. The van der Waals surface area contributed by atoms with Gasteiger partial charge in [-0.3, -0.25) is 5.26 Å². The molecule has 0 fully saturated rings. The summed E-state index contributed by atoms with van der Waals surface area (Å²) < 4.78 is 0. The molecule has 0 unspecified atom stereocenters. The zero-order valence-electron chi connectivity index (χ0n) is 15.0. The minimum atomic E-state index is -0.944. The van der Waals surface area contributed by atoms with E-state index in [4.69, 9.17) is 51.7 Å². The van der Waals surface area contributed by atoms with E-state index in [1.807, 2.05) is 0 Å². The van der Waals surface area contributed by atoms with Crippen molar-refractivity contribution in [1.29, 1.82) is 0 Å². The van der Waals surface area contributed by atoms with Crippen LogP contribution < -0.4 is 0 Å². The van der Waals surface area contributed by atoms with Crippen LogP contribution in [0.1, 0.15) is 41.5 Å². The van der Waals surface area contributed by atoms with Crippen LogP contribution in [0.15, 0.2) is 36.4 Å². The van der Waals surface area contributed by atoms with Gasteiger partial charge in [0, 0.05) is 10.0 Å². The highest BCUT2D eigenvalue weighted by molar-refractivity contribution is 6.37. The van der Waals surface area contributed by atoms with Gasteiger partial charge in [-0.05, 0) is 57.2 Å². The second-order valence-corrected chi connectivity index (χ2v) is 7.88. The van der Waals surface area contributed by atoms with E-state index in [1.165, 1.54) is 36.4 Å². The topological polar surface area (TPSA) is 82.1 Å². The van der Waals surface area contributed by atoms with E-state index in [0.29, 0.717) is 10.0 Å². The zero-order chi connectivity index (χ0) is 21.5. The molecule has 2 rings (SSSR count). The normalized spacial score (nSPS) is 10.6. The number of carbonyl (C=O) groups excluding carboxylic acids is 2. The summed E-state index contributed by atoms with van der Waals surface area (Å²) in [7, 11) is 0. The maximum atomic E-state index is 11.8. The monoisotopic (exact) mass is 468 g/mol. The highest BCUT2D eigenvalue weighted by atomic mass is 35.5. The molecule has 1 N–H and O–H groups in total. The molecule has 0 aliphatic heterocycles. The van der Waals surface area contributed by atoms with Crippen LogP contribution in [0.2, 0.25) is 20.1 Å². The lowest BCUT2D eigenvalue weighted by molar-refractivity contribution is -0.306. The molecule has 0 atom stereocenters. The van der Waals surface area contributed by atoms with Crippen molar-refractivity contribution in [2.24, 2.45) is 0 Å². The van der Waals surface area contributed by atoms with Gasteiger partial charge in [0.15, 0.2) is 0 Å². The Morgan fingerprint density at radius 2 is 1.11 bits per heavy atom. The van der Waals surface area contributed by atoms with Crippen LogP contribution in [-0.2, 0) is 14.7 Å². The molecule has 0 heterocycles. The predicted molar refractivity (Wildman–Crippen MR) is 107 cm³/mol. The third kappa shape index (κ3) is 8.22. The number of rotatable bonds is 2. The lowest BCUT2D eigenvalue weighted by Crippen LogP contribution is -2.15. The van der Waals surface area contributed by atoms with Crippen LogP contribution in [-0.4, -0.2) is 22.8 Å². The molecule has 0 aliphatic rings. The Hall–Kier alpha value is -1.54. The standard InChI is InChI=1S/C14H6Cl4O4.C4H10O2/c15-7-1-3-9(11(17)5-7)13(19)21-22-14(20)10-4-2-8(16)6-12(10)18;1-4(2,3)6-5/h1-6H;5H,1-3H3. The van der Waals surface area contributed by atoms with Crippen molar-refractivity contribution in [3.05, 3.63) is 67.6 Å². The van der Waals surface area contributed by atoms with E-state index in [1.54, 1.807) is 20.8 Å². The van der Waals surface area contributed by atoms with E-state index in [-0.39, 0.29) is 21.2 Å². The highest BCUT2D eigenvalue weighted by Gasteiger charge is 2.18. The quantitative estimate of drug-likeness (QED) is 0.399. The second-order valence-electron chi connectivity index (χ2n) is 6.19. The maximum Gasteiger partial charge on any atom is 0.387 e. The Kier molecular flexibility index (Phi) is 9.50. The van der Waals surface area contributed by atoms with Gasteiger partial charge in [0.05, 0.1) is 26.8 Å². The number of hydrogen-bond acceptors (Lipinski definition) is 6. The third-order valence-electron chi connectivity index (χ3n) is 2.77. The van der Waals surface area contributed by atoms with Gasteiger partial charge in [-0.15, -0.1) is 0 Å². The lowest BCUT2D eigenvalue weighted by Gasteiger charge is -2.10. The third-order valence-corrected chi connectivity index (χ3v) is 3.86. The Morgan fingerprint density at radius 1 is 0.786 bits per heavy atom. The van der Waals surface area contributed by atoms with Crippen molar-refractivity contribution in [3.8, 4) is 0 Å². The van der Waals surface area contributed by atoms with Gasteiger partial charge in [-0.25, -0.2) is 24.3 Å². The summed E-state index contributed by atoms with van der Waals surface area (Å²) >= 11 is 23.1. The van der Waals surface area contributed by atoms with Gasteiger partial charge in [0.25, 0.3) is 0 Å². The van der Waals surface area contributed by atoms with Crippen molar-refractivity contribution >= 4 is 58.3 Å². The van der Waals surface area contributed by atoms with Gasteiger partial charge >= 0.3 is 11.9 Å². The maximum absolute atomic E-state index is 11.8. The lowest BCUT2D eigenvalue weighted by atomic mass is 10.2. The molecule has 0 radical (unpaired) electrons. The number of hydrogen-bond donors (Lipinski definition) is 1. The molecule has 6 nitrogen and oxygen atoms in total. The smallest absolute Gasteiger partial charge is 0.251 e. The molecule has 0 spiro atoms. The van der Waals surface area contributed by atoms with E-state index in [0.717, 1.165) is 0 Å². The molecule has 0 saturated carbocycles. The highest BCUT2D eigenvalue weighted by Crippen LogP contribution is 2.23. The molecule has 0 aliphatic carbocycles. The number of halogens is 4. The van der Waals surface area contributed by atoms with Crippen LogP contribution in [0.25, 0.3) is 0 Å². The molecular weight excluding hydrogens is 454 g/mol. The van der Waals surface area contributed by atoms with Crippen LogP contribution in [0.3, 0.4) is 0 Å². The minimum absolute atomic E-state index is 0.000990. The summed E-state index contributed by atoms with van der Waals surface area (Å²) in [5.74, 6) is -1.89. The summed E-state index contributed by atoms with van der Waals surface area (Å²) in [5.41, 5.74) is -0.401. The summed E-state index contributed by atoms with van der Waals surface area (Å²) in [6.45, 7) is 5.31. The molecular formula is C18H16Cl4O6. The fourth-order valence-corrected chi connectivity index (χ4v) is 2.45. The zero-order valence-corrected chi connectivity index (χ0v) is 18.0. The SMILES string of the molecule is CC(C)(C)OO.O=C(OOC(=O)c1ccc(Cl)cc1Cl)c1ccc(Cl)cc1Cl. The van der Waals surface area contributed by atoms with Gasteiger partial charge in [-0.2, -0.15) is 0 Å². The first-order valence-electron chi connectivity index (χ1n) is 7.60. The minimum Gasteiger partial charge on any atom is -0.251 e. The van der Waals surface area contributed by atoms with E-state index < -0.39 is 17.5 Å². The first-order chi connectivity index (χ1) is 12.9. The van der Waals surface area contributed by atoms with Gasteiger partial charge in [0.1, 0.15) is 0 Å². The summed E-state index contributed by atoms with van der Waals surface area (Å²) in [6.07, 6.45) is 0. The first-order valence-corrected chi connectivity index (χ1v) is 9.11. The average molecular weight is 470 g/mol. The van der Waals surface area contributed by atoms with Crippen molar-refractivity contribution in [2.45, 2.75) is 26.4 Å². The van der Waals surface area contributed by atoms with Crippen molar-refractivity contribution in [3.63, 3.8) is 0 Å². The van der Waals surface area contributed by atoms with Crippen LogP contribution in [0.5, 0.6) is 0 Å². The molecule has 28 heavy (non-hydrogen) atoms. The second kappa shape index (κ2) is 10.9. The Balaban J connectivity index is 0.000000568. The van der Waals surface area contributed by atoms with Gasteiger partial charge in [-0.1, -0.05) is 46.4 Å². The van der Waals surface area contributed by atoms with E-state index in [2.05, 4.69) is 14.7 Å². The molecule has 2 aromatic rings. The molecule has 152 valence electrons. The fraction of sp³-hybridized carbons (Fsp3) is 0.222. The predicted octanol–water partition coefficient (Wildman–Crippen LogP) is 6.50. The molecule has 10 heteroatoms. The molecule has 2 aromatic carbocycles. The summed E-state index contributed by atoms with van der Waals surface area (Å²) in [4.78, 5) is 36.4. The van der Waals surface area contributed by atoms with Crippen LogP contribution in [0, 0.1) is 0 Å². The van der Waals surface area contributed by atoms with Crippen molar-refractivity contribution in [2.75, 3.05) is 0 Å². The van der Waals surface area contributed by atoms with Crippen molar-refractivity contribution in [1.82, 2.24) is 0 Å². The van der Waals surface area contributed by atoms with Gasteiger partial charge in [0.2, 0.25) is 0 Å². The summed E-state index contributed by atoms with van der Waals surface area (Å²) in [6, 6.07) is 8.30. The number of carbonyl (C=O) groups is 2. The average Bonchev–Trinajstić information content (AvgIpc) is 2.59. The molecule has 0 amide bonds. The van der Waals surface area contributed by atoms with E-state index >= 15 is 0 Å². The molecule has 0 bridgehead atoms. The first kappa shape index (κ1) is 24.5. The largest absolute Gasteiger partial charge is 0.387 e. The molecule has 0 saturated heterocycles. The van der Waals surface area contributed by atoms with Gasteiger partial charge < -0.3 is 0 Å².